The second-order valence-electron chi connectivity index (χ2n) is 11.9. The molecule has 0 spiro atoms. The Bertz CT molecular complexity index is 930. The van der Waals surface area contributed by atoms with Crippen LogP contribution in [0.2, 0.25) is 0 Å². The SMILES string of the molecule is CC1(C)OC[C@@H](C(=O)NC(CCN2[C@@H]3CC[C@H]2C[C@@H](c2cccc(C(N)=O)c2)C3)C2CCCCC2)O1. The van der Waals surface area contributed by atoms with Crippen LogP contribution in [-0.4, -0.2) is 59.9 Å². The summed E-state index contributed by atoms with van der Waals surface area (Å²) in [4.78, 5) is 27.5. The van der Waals surface area contributed by atoms with Gasteiger partial charge in [0.15, 0.2) is 11.9 Å². The van der Waals surface area contributed by atoms with Crippen molar-refractivity contribution in [2.75, 3.05) is 13.2 Å². The highest BCUT2D eigenvalue weighted by molar-refractivity contribution is 5.92. The minimum Gasteiger partial charge on any atom is -0.366 e. The first-order chi connectivity index (χ1) is 17.3. The van der Waals surface area contributed by atoms with Gasteiger partial charge in [0.2, 0.25) is 5.91 Å². The lowest BCUT2D eigenvalue weighted by Gasteiger charge is -2.41. The number of primary amides is 1. The Kier molecular flexibility index (Phi) is 7.70. The summed E-state index contributed by atoms with van der Waals surface area (Å²) >= 11 is 0. The first kappa shape index (κ1) is 25.7. The Morgan fingerprint density at radius 2 is 1.83 bits per heavy atom. The maximum Gasteiger partial charge on any atom is 0.251 e. The zero-order valence-electron chi connectivity index (χ0n) is 21.9. The van der Waals surface area contributed by atoms with E-state index < -0.39 is 11.9 Å². The molecule has 2 bridgehead atoms. The van der Waals surface area contributed by atoms with Gasteiger partial charge in [-0.3, -0.25) is 14.5 Å². The molecule has 7 nitrogen and oxygen atoms in total. The van der Waals surface area contributed by atoms with Crippen molar-refractivity contribution in [2.24, 2.45) is 11.7 Å². The number of benzene rings is 1. The molecule has 1 saturated carbocycles. The summed E-state index contributed by atoms with van der Waals surface area (Å²) < 4.78 is 11.5. The Hall–Kier alpha value is -1.96. The van der Waals surface area contributed by atoms with Gasteiger partial charge in [-0.05, 0) is 88.3 Å². The van der Waals surface area contributed by atoms with Gasteiger partial charge in [0.25, 0.3) is 5.91 Å². The normalized spacial score (nSPS) is 31.3. The van der Waals surface area contributed by atoms with Crippen LogP contribution in [0.3, 0.4) is 0 Å². The lowest BCUT2D eigenvalue weighted by Crippen LogP contribution is -2.49. The van der Waals surface area contributed by atoms with Crippen LogP contribution >= 0.6 is 0 Å². The zero-order valence-corrected chi connectivity index (χ0v) is 21.9. The van der Waals surface area contributed by atoms with Crippen LogP contribution in [-0.2, 0) is 14.3 Å². The maximum atomic E-state index is 13.1. The number of carbonyl (C=O) groups is 2. The topological polar surface area (TPSA) is 93.9 Å². The van der Waals surface area contributed by atoms with Crippen molar-refractivity contribution in [1.82, 2.24) is 10.2 Å². The highest BCUT2D eigenvalue weighted by atomic mass is 16.7. The number of hydrogen-bond acceptors (Lipinski definition) is 5. The van der Waals surface area contributed by atoms with E-state index in [2.05, 4.69) is 16.3 Å². The van der Waals surface area contributed by atoms with Crippen molar-refractivity contribution in [3.63, 3.8) is 0 Å². The van der Waals surface area contributed by atoms with Crippen molar-refractivity contribution >= 4 is 11.8 Å². The van der Waals surface area contributed by atoms with Crippen LogP contribution in [0, 0.1) is 5.92 Å². The quantitative estimate of drug-likeness (QED) is 0.564. The second kappa shape index (κ2) is 10.8. The third-order valence-corrected chi connectivity index (χ3v) is 9.07. The molecule has 4 aliphatic rings. The fraction of sp³-hybridized carbons (Fsp3) is 0.724. The summed E-state index contributed by atoms with van der Waals surface area (Å²) in [5.41, 5.74) is 7.38. The molecule has 1 aromatic carbocycles. The zero-order chi connectivity index (χ0) is 25.3. The molecule has 2 amide bonds. The number of piperidine rings is 1. The molecule has 1 aliphatic carbocycles. The number of nitrogens with one attached hydrogen (secondary N) is 1. The third kappa shape index (κ3) is 5.79. The average Bonchev–Trinajstić information content (AvgIpc) is 3.35. The number of hydrogen-bond donors (Lipinski definition) is 2. The summed E-state index contributed by atoms with van der Waals surface area (Å²) in [7, 11) is 0. The summed E-state index contributed by atoms with van der Waals surface area (Å²) in [6, 6.07) is 9.24. The van der Waals surface area contributed by atoms with E-state index in [0.717, 1.165) is 25.8 Å². The molecule has 3 heterocycles. The molecule has 4 fully saturated rings. The van der Waals surface area contributed by atoms with Crippen LogP contribution in [0.15, 0.2) is 24.3 Å². The van der Waals surface area contributed by atoms with E-state index in [1.165, 1.54) is 50.5 Å². The van der Waals surface area contributed by atoms with Gasteiger partial charge in [0, 0.05) is 30.2 Å². The maximum absolute atomic E-state index is 13.1. The van der Waals surface area contributed by atoms with E-state index >= 15 is 0 Å². The van der Waals surface area contributed by atoms with E-state index in [4.69, 9.17) is 15.2 Å². The first-order valence-electron chi connectivity index (χ1n) is 14.1. The number of ether oxygens (including phenoxy) is 2. The van der Waals surface area contributed by atoms with Gasteiger partial charge in [-0.2, -0.15) is 0 Å². The molecular weight excluding hydrogens is 454 g/mol. The molecule has 3 N–H and O–H groups in total. The molecule has 36 heavy (non-hydrogen) atoms. The largest absolute Gasteiger partial charge is 0.366 e. The van der Waals surface area contributed by atoms with Crippen molar-refractivity contribution in [1.29, 1.82) is 0 Å². The number of nitrogens with two attached hydrogens (primary N) is 1. The summed E-state index contributed by atoms with van der Waals surface area (Å²) in [5, 5.41) is 3.39. The molecule has 7 heteroatoms. The van der Waals surface area contributed by atoms with Crippen LogP contribution in [0.25, 0.3) is 0 Å². The number of amides is 2. The van der Waals surface area contributed by atoms with Crippen molar-refractivity contribution in [3.8, 4) is 0 Å². The van der Waals surface area contributed by atoms with Gasteiger partial charge >= 0.3 is 0 Å². The predicted molar refractivity (Wildman–Crippen MR) is 138 cm³/mol. The summed E-state index contributed by atoms with van der Waals surface area (Å²) in [6.45, 7) is 5.08. The molecule has 3 aliphatic heterocycles. The minimum atomic E-state index is -0.692. The predicted octanol–water partition coefficient (Wildman–Crippen LogP) is 4.10. The molecule has 3 saturated heterocycles. The fourth-order valence-electron chi connectivity index (χ4n) is 7.20. The smallest absolute Gasteiger partial charge is 0.251 e. The highest BCUT2D eigenvalue weighted by Gasteiger charge is 2.42. The van der Waals surface area contributed by atoms with Crippen molar-refractivity contribution < 1.29 is 19.1 Å². The third-order valence-electron chi connectivity index (χ3n) is 9.07. The van der Waals surface area contributed by atoms with Gasteiger partial charge in [-0.1, -0.05) is 31.4 Å². The van der Waals surface area contributed by atoms with Crippen LogP contribution in [0.1, 0.15) is 99.9 Å². The molecule has 5 atom stereocenters. The Morgan fingerprint density at radius 1 is 1.11 bits per heavy atom. The number of rotatable bonds is 8. The van der Waals surface area contributed by atoms with Crippen LogP contribution in [0.5, 0.6) is 0 Å². The molecule has 0 radical (unpaired) electrons. The van der Waals surface area contributed by atoms with E-state index in [0.29, 0.717) is 36.1 Å². The van der Waals surface area contributed by atoms with E-state index in [1.807, 2.05) is 26.0 Å². The molecular formula is C29H43N3O4. The first-order valence-corrected chi connectivity index (χ1v) is 14.1. The molecule has 1 unspecified atom stereocenters. The van der Waals surface area contributed by atoms with Gasteiger partial charge in [0.1, 0.15) is 0 Å². The molecule has 5 rings (SSSR count). The van der Waals surface area contributed by atoms with E-state index in [-0.39, 0.29) is 17.9 Å². The number of nitrogens with zero attached hydrogens (tertiary/aromatic N) is 1. The minimum absolute atomic E-state index is 0.0211. The standard InChI is InChI=1S/C29H43N3O4/c1-29(2)35-18-26(36-29)28(34)31-25(19-7-4-3-5-8-19)13-14-32-23-11-12-24(32)17-22(16-23)20-9-6-10-21(15-20)27(30)33/h6,9-10,15,19,22-26H,3-5,7-8,11-14,16-18H2,1-2H3,(H2,30,33)(H,31,34)/t22-,23+,24-,25?,26-/m0/s1. The van der Waals surface area contributed by atoms with Gasteiger partial charge in [-0.15, -0.1) is 0 Å². The van der Waals surface area contributed by atoms with Crippen molar-refractivity contribution in [3.05, 3.63) is 35.4 Å². The van der Waals surface area contributed by atoms with Gasteiger partial charge < -0.3 is 20.5 Å². The average molecular weight is 498 g/mol. The highest BCUT2D eigenvalue weighted by Crippen LogP contribution is 2.43. The fourth-order valence-corrected chi connectivity index (χ4v) is 7.20. The Morgan fingerprint density at radius 3 is 2.47 bits per heavy atom. The second-order valence-corrected chi connectivity index (χ2v) is 11.9. The lowest BCUT2D eigenvalue weighted by atomic mass is 9.81. The Labute approximate surface area is 215 Å². The number of carbonyl (C=O) groups excluding carboxylic acids is 2. The van der Waals surface area contributed by atoms with Gasteiger partial charge in [-0.25, -0.2) is 0 Å². The van der Waals surface area contributed by atoms with Gasteiger partial charge in [0.05, 0.1) is 6.61 Å². The molecule has 0 aromatic heterocycles. The van der Waals surface area contributed by atoms with E-state index in [1.54, 1.807) is 6.07 Å². The summed E-state index contributed by atoms with van der Waals surface area (Å²) in [6.07, 6.45) is 11.4. The summed E-state index contributed by atoms with van der Waals surface area (Å²) in [5.74, 6) is -0.0408. The Balaban J connectivity index is 1.21. The van der Waals surface area contributed by atoms with Crippen LogP contribution in [0.4, 0.5) is 0 Å². The molecule has 198 valence electrons. The molecule has 1 aromatic rings. The lowest BCUT2D eigenvalue weighted by molar-refractivity contribution is -0.154. The van der Waals surface area contributed by atoms with E-state index in [9.17, 15) is 9.59 Å². The van der Waals surface area contributed by atoms with Crippen LogP contribution < -0.4 is 11.1 Å². The number of fused-ring (bicyclic) bond motifs is 2. The van der Waals surface area contributed by atoms with Crippen molar-refractivity contribution in [2.45, 2.75) is 114 Å². The monoisotopic (exact) mass is 497 g/mol.